The number of rotatable bonds is 8. The molecule has 30 heavy (non-hydrogen) atoms. The minimum atomic E-state index is 1.15. The van der Waals surface area contributed by atoms with Gasteiger partial charge in [-0.15, -0.1) is 22.7 Å². The van der Waals surface area contributed by atoms with Gasteiger partial charge in [0.05, 0.1) is 0 Å². The predicted octanol–water partition coefficient (Wildman–Crippen LogP) is 7.69. The number of unbranched alkanes of at least 4 members (excludes halogenated alkanes) is 4. The first kappa shape index (κ1) is 21.3. The second-order valence-corrected chi connectivity index (χ2v) is 10.7. The van der Waals surface area contributed by atoms with Gasteiger partial charge in [-0.25, -0.2) is 0 Å². The van der Waals surface area contributed by atoms with Crippen LogP contribution < -0.4 is 10.4 Å². The molecule has 156 valence electrons. The minimum Gasteiger partial charge on any atom is -0.140 e. The van der Waals surface area contributed by atoms with Crippen molar-refractivity contribution in [3.63, 3.8) is 0 Å². The fourth-order valence-electron chi connectivity index (χ4n) is 4.29. The van der Waals surface area contributed by atoms with E-state index in [0.29, 0.717) is 0 Å². The summed E-state index contributed by atoms with van der Waals surface area (Å²) < 4.78 is 2.71. The third kappa shape index (κ3) is 4.26. The van der Waals surface area contributed by atoms with Crippen molar-refractivity contribution < 1.29 is 0 Å². The van der Waals surface area contributed by atoms with E-state index >= 15 is 0 Å². The molecule has 0 bridgehead atoms. The molecule has 0 aliphatic carbocycles. The van der Waals surface area contributed by atoms with E-state index in [1.807, 2.05) is 22.7 Å². The molecule has 0 fully saturated rings. The van der Waals surface area contributed by atoms with Crippen LogP contribution in [0.25, 0.3) is 33.3 Å². The average Bonchev–Trinajstić information content (AvgIpc) is 3.34. The SMILES string of the molecule is C=c1/c(=c2/ccc3sc(CCCCC)cc3c2=C)ccc2sc(CCCCC)cc12. The van der Waals surface area contributed by atoms with Crippen LogP contribution in [0.15, 0.2) is 36.4 Å². The zero-order valence-electron chi connectivity index (χ0n) is 18.4. The van der Waals surface area contributed by atoms with Gasteiger partial charge in [0.1, 0.15) is 0 Å². The van der Waals surface area contributed by atoms with Crippen molar-refractivity contribution in [1.29, 1.82) is 0 Å². The summed E-state index contributed by atoms with van der Waals surface area (Å²) in [7, 11) is 0. The van der Waals surface area contributed by atoms with E-state index in [9.17, 15) is 0 Å². The largest absolute Gasteiger partial charge is 0.140 e. The summed E-state index contributed by atoms with van der Waals surface area (Å²) in [4.78, 5) is 2.97. The maximum absolute atomic E-state index is 4.49. The summed E-state index contributed by atoms with van der Waals surface area (Å²) in [6.07, 6.45) is 10.1. The number of hydrogen-bond donors (Lipinski definition) is 0. The summed E-state index contributed by atoms with van der Waals surface area (Å²) in [6, 6.07) is 13.8. The first-order chi connectivity index (χ1) is 14.6. The first-order valence-electron chi connectivity index (χ1n) is 11.4. The van der Waals surface area contributed by atoms with Crippen LogP contribution in [0.3, 0.4) is 0 Å². The Hall–Kier alpha value is -1.90. The molecule has 4 aromatic rings. The lowest BCUT2D eigenvalue weighted by Gasteiger charge is -1.96. The lowest BCUT2D eigenvalue weighted by Crippen LogP contribution is -2.08. The van der Waals surface area contributed by atoms with E-state index in [4.69, 9.17) is 0 Å². The molecule has 0 unspecified atom stereocenters. The van der Waals surface area contributed by atoms with Gasteiger partial charge < -0.3 is 0 Å². The van der Waals surface area contributed by atoms with Crippen molar-refractivity contribution in [2.75, 3.05) is 0 Å². The lowest BCUT2D eigenvalue weighted by molar-refractivity contribution is 0.723. The molecular formula is C28H32S2. The van der Waals surface area contributed by atoms with Crippen LogP contribution in [0.5, 0.6) is 0 Å². The van der Waals surface area contributed by atoms with Gasteiger partial charge in [-0.3, -0.25) is 0 Å². The van der Waals surface area contributed by atoms with Gasteiger partial charge in [-0.2, -0.15) is 0 Å². The van der Waals surface area contributed by atoms with Gasteiger partial charge in [0.15, 0.2) is 0 Å². The van der Waals surface area contributed by atoms with E-state index in [2.05, 4.69) is 63.4 Å². The molecule has 0 atom stereocenters. The molecule has 0 amide bonds. The van der Waals surface area contributed by atoms with E-state index in [-0.39, 0.29) is 0 Å². The summed E-state index contributed by atoms with van der Waals surface area (Å²) in [5, 5.41) is 7.38. The molecule has 2 aromatic heterocycles. The van der Waals surface area contributed by atoms with Crippen LogP contribution in [-0.4, -0.2) is 0 Å². The number of benzene rings is 2. The molecule has 0 radical (unpaired) electrons. The Morgan fingerprint density at radius 1 is 0.633 bits per heavy atom. The molecule has 4 rings (SSSR count). The van der Waals surface area contributed by atoms with Crippen molar-refractivity contribution in [3.05, 3.63) is 67.0 Å². The molecule has 0 spiro atoms. The van der Waals surface area contributed by atoms with Gasteiger partial charge >= 0.3 is 0 Å². The molecule has 2 heteroatoms. The lowest BCUT2D eigenvalue weighted by atomic mass is 10.1. The summed E-state index contributed by atoms with van der Waals surface area (Å²) in [6.45, 7) is 13.5. The van der Waals surface area contributed by atoms with Crippen LogP contribution in [0.2, 0.25) is 0 Å². The Morgan fingerprint density at radius 3 is 1.47 bits per heavy atom. The zero-order valence-corrected chi connectivity index (χ0v) is 20.0. The van der Waals surface area contributed by atoms with E-state index in [1.165, 1.54) is 91.7 Å². The maximum atomic E-state index is 4.49. The van der Waals surface area contributed by atoms with Crippen molar-refractivity contribution in [3.8, 4) is 0 Å². The predicted molar refractivity (Wildman–Crippen MR) is 138 cm³/mol. The molecule has 0 aliphatic heterocycles. The fourth-order valence-corrected chi connectivity index (χ4v) is 6.56. The Kier molecular flexibility index (Phi) is 6.75. The second-order valence-electron chi connectivity index (χ2n) is 8.35. The molecule has 0 aliphatic rings. The second kappa shape index (κ2) is 9.49. The summed E-state index contributed by atoms with van der Waals surface area (Å²) >= 11 is 3.86. The fraction of sp³-hybridized carbons (Fsp3) is 0.357. The quantitative estimate of drug-likeness (QED) is 0.250. The standard InChI is InChI=1S/C28H32S2/c1-5-7-9-11-21-17-25-19(3)23(13-15-27(25)29-21)24-14-16-28-26(20(24)4)18-22(30-28)12-10-8-6-2/h13-18H,3-12H2,1-2H3/b24-23-. The monoisotopic (exact) mass is 432 g/mol. The number of aryl methyl sites for hydroxylation is 2. The third-order valence-electron chi connectivity index (χ3n) is 6.07. The Labute approximate surface area is 187 Å². The van der Waals surface area contributed by atoms with Gasteiger partial charge in [0.25, 0.3) is 0 Å². The molecule has 2 heterocycles. The Morgan fingerprint density at radius 2 is 1.07 bits per heavy atom. The zero-order chi connectivity index (χ0) is 21.1. The molecular weight excluding hydrogens is 400 g/mol. The normalized spacial score (nSPS) is 12.9. The highest BCUT2D eigenvalue weighted by Gasteiger charge is 2.06. The maximum Gasteiger partial charge on any atom is 0.0351 e. The first-order valence-corrected chi connectivity index (χ1v) is 13.0. The highest BCUT2D eigenvalue weighted by Crippen LogP contribution is 2.26. The van der Waals surface area contributed by atoms with Crippen LogP contribution >= 0.6 is 22.7 Å². The number of fused-ring (bicyclic) bond motifs is 2. The molecule has 2 aromatic carbocycles. The highest BCUT2D eigenvalue weighted by atomic mass is 32.1. The smallest absolute Gasteiger partial charge is 0.0351 e. The van der Waals surface area contributed by atoms with Crippen LogP contribution in [0.4, 0.5) is 0 Å². The van der Waals surface area contributed by atoms with Gasteiger partial charge in [0, 0.05) is 19.2 Å². The van der Waals surface area contributed by atoms with Crippen LogP contribution in [0, 0.1) is 10.4 Å². The third-order valence-corrected chi connectivity index (χ3v) is 8.39. The number of hydrogen-bond acceptors (Lipinski definition) is 2. The van der Waals surface area contributed by atoms with Gasteiger partial charge in [-0.1, -0.05) is 64.8 Å². The van der Waals surface area contributed by atoms with Crippen molar-refractivity contribution in [2.45, 2.75) is 65.2 Å². The van der Waals surface area contributed by atoms with Crippen LogP contribution in [-0.2, 0) is 12.8 Å². The number of thiophene rings is 2. The minimum absolute atomic E-state index is 1.15. The van der Waals surface area contributed by atoms with Gasteiger partial charge in [-0.05, 0) is 81.6 Å². The molecule has 0 N–H and O–H groups in total. The van der Waals surface area contributed by atoms with E-state index in [0.717, 1.165) is 10.4 Å². The molecule has 0 saturated carbocycles. The highest BCUT2D eigenvalue weighted by molar-refractivity contribution is 7.19. The van der Waals surface area contributed by atoms with Gasteiger partial charge in [0.2, 0.25) is 0 Å². The molecule has 0 nitrogen and oxygen atoms in total. The van der Waals surface area contributed by atoms with E-state index in [1.54, 1.807) is 0 Å². The summed E-state index contributed by atoms with van der Waals surface area (Å²) in [5.41, 5.74) is 0. The van der Waals surface area contributed by atoms with E-state index < -0.39 is 0 Å². The van der Waals surface area contributed by atoms with Crippen LogP contribution in [0.1, 0.15) is 62.1 Å². The average molecular weight is 433 g/mol. The Bertz CT molecular complexity index is 1250. The van der Waals surface area contributed by atoms with Crippen molar-refractivity contribution in [2.24, 2.45) is 0 Å². The van der Waals surface area contributed by atoms with Crippen molar-refractivity contribution >= 4 is 56.0 Å². The topological polar surface area (TPSA) is 0 Å². The summed E-state index contributed by atoms with van der Waals surface area (Å²) in [5.74, 6) is 0. The van der Waals surface area contributed by atoms with Crippen molar-refractivity contribution in [1.82, 2.24) is 0 Å². The molecule has 0 saturated heterocycles. The Balaban J connectivity index is 1.81.